The molecule has 0 saturated heterocycles. The zero-order valence-corrected chi connectivity index (χ0v) is 21.0. The fraction of sp³-hybridized carbons (Fsp3) is 0.0345. The van der Waals surface area contributed by atoms with Crippen LogP contribution in [-0.2, 0) is 0 Å². The van der Waals surface area contributed by atoms with Gasteiger partial charge in [-0.2, -0.15) is 0 Å². The lowest BCUT2D eigenvalue weighted by atomic mass is 9.94. The Hall–Kier alpha value is -4.40. The number of imidazole rings is 1. The van der Waals surface area contributed by atoms with Gasteiger partial charge >= 0.3 is 5.97 Å². The molecule has 3 heterocycles. The highest BCUT2D eigenvalue weighted by Gasteiger charge is 2.27. The third kappa shape index (κ3) is 3.96. The molecule has 0 bridgehead atoms. The minimum Gasteiger partial charge on any atom is -0.478 e. The number of nitrogens with two attached hydrogens (primary N) is 1. The van der Waals surface area contributed by atoms with Crippen molar-refractivity contribution in [3.63, 3.8) is 0 Å². The maximum atomic E-state index is 10.8. The van der Waals surface area contributed by atoms with Crippen molar-refractivity contribution >= 4 is 44.0 Å². The molecule has 0 aliphatic heterocycles. The van der Waals surface area contributed by atoms with Gasteiger partial charge in [-0.1, -0.05) is 60.7 Å². The molecule has 0 spiro atoms. The summed E-state index contributed by atoms with van der Waals surface area (Å²) >= 11 is 3.11. The number of pyridine rings is 2. The van der Waals surface area contributed by atoms with E-state index in [4.69, 9.17) is 10.8 Å². The highest BCUT2D eigenvalue weighted by molar-refractivity contribution is 9.10. The number of hydrogen-bond donors (Lipinski definition) is 3. The van der Waals surface area contributed by atoms with Crippen LogP contribution in [0, 0.1) is 0 Å². The number of aromatic carboxylic acids is 1. The van der Waals surface area contributed by atoms with Crippen molar-refractivity contribution in [3.05, 3.63) is 113 Å². The van der Waals surface area contributed by atoms with Crippen molar-refractivity contribution in [2.75, 3.05) is 0 Å². The third-order valence-corrected chi connectivity index (χ3v) is 7.12. The van der Waals surface area contributed by atoms with E-state index in [0.29, 0.717) is 15.6 Å². The average molecular weight is 550 g/mol. The van der Waals surface area contributed by atoms with E-state index >= 15 is 0 Å². The van der Waals surface area contributed by atoms with E-state index in [1.54, 1.807) is 0 Å². The van der Waals surface area contributed by atoms with Crippen molar-refractivity contribution in [1.29, 1.82) is 0 Å². The molecular weight excluding hydrogens is 530 g/mol. The number of hydrogen-bond acceptors (Lipinski definition) is 5. The van der Waals surface area contributed by atoms with Gasteiger partial charge in [0.2, 0.25) is 0 Å². The van der Waals surface area contributed by atoms with Gasteiger partial charge in [0.1, 0.15) is 11.1 Å². The van der Waals surface area contributed by atoms with Crippen LogP contribution in [-0.4, -0.2) is 31.0 Å². The summed E-state index contributed by atoms with van der Waals surface area (Å²) in [5.41, 5.74) is 15.7. The molecule has 3 aromatic heterocycles. The molecule has 8 heteroatoms. The summed E-state index contributed by atoms with van der Waals surface area (Å²) in [6.07, 6.45) is 4.80. The van der Waals surface area contributed by atoms with Crippen molar-refractivity contribution in [3.8, 4) is 22.3 Å². The minimum atomic E-state index is -1.01. The first kappa shape index (κ1) is 23.0. The zero-order chi connectivity index (χ0) is 25.5. The number of carboxylic acids is 1. The van der Waals surface area contributed by atoms with E-state index in [1.807, 2.05) is 18.3 Å². The molecular formula is C29H20BrN5O2. The van der Waals surface area contributed by atoms with Crippen LogP contribution in [0.15, 0.2) is 96.0 Å². The first-order valence-electron chi connectivity index (χ1n) is 11.6. The Morgan fingerprint density at radius 2 is 1.65 bits per heavy atom. The fourth-order valence-electron chi connectivity index (χ4n) is 4.83. The number of nitrogens with zero attached hydrogens (tertiary/aromatic N) is 3. The fourth-order valence-corrected chi connectivity index (χ4v) is 5.30. The van der Waals surface area contributed by atoms with E-state index in [9.17, 15) is 4.79 Å². The average Bonchev–Trinajstić information content (AvgIpc) is 3.51. The van der Waals surface area contributed by atoms with Gasteiger partial charge in [0.05, 0.1) is 22.4 Å². The summed E-state index contributed by atoms with van der Waals surface area (Å²) in [4.78, 5) is 26.0. The molecule has 0 radical (unpaired) electrons. The Morgan fingerprint density at radius 3 is 2.51 bits per heavy atom. The lowest BCUT2D eigenvalue weighted by Gasteiger charge is -2.11. The van der Waals surface area contributed by atoms with Gasteiger partial charge in [-0.15, -0.1) is 0 Å². The molecule has 4 N–H and O–H groups in total. The molecule has 0 fully saturated rings. The second kappa shape index (κ2) is 9.24. The predicted molar refractivity (Wildman–Crippen MR) is 147 cm³/mol. The van der Waals surface area contributed by atoms with Crippen LogP contribution in [0.25, 0.3) is 44.3 Å². The van der Waals surface area contributed by atoms with E-state index in [1.165, 1.54) is 40.3 Å². The number of aromatic nitrogens is 4. The van der Waals surface area contributed by atoms with Crippen molar-refractivity contribution in [2.24, 2.45) is 5.73 Å². The molecule has 180 valence electrons. The van der Waals surface area contributed by atoms with Crippen LogP contribution in [0.4, 0.5) is 0 Å². The minimum absolute atomic E-state index is 0.0513. The molecule has 1 atom stereocenters. The first-order chi connectivity index (χ1) is 18.0. The molecule has 0 amide bonds. The van der Waals surface area contributed by atoms with Crippen LogP contribution in [0.1, 0.15) is 27.5 Å². The predicted octanol–water partition coefficient (Wildman–Crippen LogP) is 6.35. The van der Waals surface area contributed by atoms with Crippen molar-refractivity contribution < 1.29 is 9.90 Å². The smallest absolute Gasteiger partial charge is 0.339 e. The van der Waals surface area contributed by atoms with E-state index in [-0.39, 0.29) is 11.6 Å². The maximum Gasteiger partial charge on any atom is 0.339 e. The monoisotopic (exact) mass is 549 g/mol. The molecule has 1 unspecified atom stereocenters. The SMILES string of the molecule is NC1c2ccccc2-c2c(-c3cnc4ccccc4c3)cccc21.O=C(O)c1c(Br)cnc2nc[nH]c12. The van der Waals surface area contributed by atoms with Crippen LogP contribution >= 0.6 is 15.9 Å². The Morgan fingerprint density at radius 1 is 0.892 bits per heavy atom. The molecule has 1 aliphatic carbocycles. The normalized spacial score (nSPS) is 13.6. The van der Waals surface area contributed by atoms with Gasteiger partial charge < -0.3 is 15.8 Å². The third-order valence-electron chi connectivity index (χ3n) is 6.52. The Bertz CT molecular complexity index is 1810. The van der Waals surface area contributed by atoms with Gasteiger partial charge in [-0.25, -0.2) is 14.8 Å². The van der Waals surface area contributed by atoms with Crippen molar-refractivity contribution in [2.45, 2.75) is 6.04 Å². The molecule has 1 aliphatic rings. The molecule has 0 saturated carbocycles. The summed E-state index contributed by atoms with van der Waals surface area (Å²) in [6.45, 7) is 0. The first-order valence-corrected chi connectivity index (χ1v) is 12.4. The van der Waals surface area contributed by atoms with Crippen LogP contribution in [0.5, 0.6) is 0 Å². The van der Waals surface area contributed by atoms with Crippen LogP contribution in [0.3, 0.4) is 0 Å². The van der Waals surface area contributed by atoms with Gasteiger partial charge in [0.25, 0.3) is 0 Å². The summed E-state index contributed by atoms with van der Waals surface area (Å²) in [7, 11) is 0. The number of carboxylic acid groups (broad SMARTS) is 1. The van der Waals surface area contributed by atoms with Crippen molar-refractivity contribution in [1.82, 2.24) is 19.9 Å². The standard InChI is InChI=1S/C22H16N2.C7H4BrN3O2/c23-22-18-8-3-2-7-17(18)21-16(9-5-10-19(21)22)15-12-14-6-1-4-11-20(14)24-13-15;8-3-1-9-6-5(10-2-11-6)4(3)7(12)13/h1-13,22H,23H2;1-2H,(H,12,13)(H,9,10,11). The number of carbonyl (C=O) groups is 1. The number of nitrogens with one attached hydrogen (secondary N) is 1. The number of rotatable bonds is 2. The van der Waals surface area contributed by atoms with Gasteiger partial charge in [0.15, 0.2) is 5.65 Å². The Kier molecular flexibility index (Phi) is 5.75. The molecule has 37 heavy (non-hydrogen) atoms. The number of aromatic amines is 1. The van der Waals surface area contributed by atoms with E-state index in [0.717, 1.165) is 16.5 Å². The molecule has 7 rings (SSSR count). The highest BCUT2D eigenvalue weighted by Crippen LogP contribution is 2.46. The largest absolute Gasteiger partial charge is 0.478 e. The zero-order valence-electron chi connectivity index (χ0n) is 19.4. The lowest BCUT2D eigenvalue weighted by Crippen LogP contribution is -2.07. The number of para-hydroxylation sites is 1. The summed E-state index contributed by atoms with van der Waals surface area (Å²) in [5.74, 6) is -1.01. The number of halogens is 1. The van der Waals surface area contributed by atoms with Gasteiger partial charge in [0, 0.05) is 23.3 Å². The van der Waals surface area contributed by atoms with Crippen LogP contribution in [0.2, 0.25) is 0 Å². The molecule has 7 nitrogen and oxygen atoms in total. The highest BCUT2D eigenvalue weighted by atomic mass is 79.9. The second-order valence-corrected chi connectivity index (χ2v) is 9.49. The van der Waals surface area contributed by atoms with E-state index in [2.05, 4.69) is 96.5 Å². The summed E-state index contributed by atoms with van der Waals surface area (Å²) in [6, 6.07) is 25.2. The number of H-pyrrole nitrogens is 1. The summed E-state index contributed by atoms with van der Waals surface area (Å²) < 4.78 is 0.441. The Labute approximate surface area is 220 Å². The molecule has 3 aromatic carbocycles. The van der Waals surface area contributed by atoms with Crippen LogP contribution < -0.4 is 5.73 Å². The topological polar surface area (TPSA) is 118 Å². The van der Waals surface area contributed by atoms with Gasteiger partial charge in [-0.05, 0) is 55.9 Å². The van der Waals surface area contributed by atoms with Gasteiger partial charge in [-0.3, -0.25) is 4.98 Å². The number of benzene rings is 3. The number of fused-ring (bicyclic) bond motifs is 5. The quantitative estimate of drug-likeness (QED) is 0.231. The van der Waals surface area contributed by atoms with E-state index < -0.39 is 5.97 Å². The summed E-state index contributed by atoms with van der Waals surface area (Å²) in [5, 5.41) is 10.0. The maximum absolute atomic E-state index is 10.8. The Balaban J connectivity index is 0.000000164. The second-order valence-electron chi connectivity index (χ2n) is 8.64. The lowest BCUT2D eigenvalue weighted by molar-refractivity contribution is 0.0697. The molecule has 6 aromatic rings.